The number of aromatic amines is 4. The van der Waals surface area contributed by atoms with E-state index in [1.54, 1.807) is 63.7 Å². The minimum Gasteiger partial charge on any atom is -0.358 e. The van der Waals surface area contributed by atoms with Gasteiger partial charge in [0.15, 0.2) is 22.8 Å². The third-order valence-electron chi connectivity index (χ3n) is 25.5. The number of likely N-dealkylation sites (tertiary alicyclic amines) is 2. The number of pyridine rings is 8. The molecule has 147 heavy (non-hydrogen) atoms. The topological polar surface area (TPSA) is 428 Å². The molecule has 19 rings (SSSR count). The maximum atomic E-state index is 13.1. The van der Waals surface area contributed by atoms with E-state index in [0.29, 0.717) is 56.3 Å². The summed E-state index contributed by atoms with van der Waals surface area (Å²) in [5, 5.41) is 49.1. The molecule has 1 aliphatic carbocycles. The number of benzene rings is 4. The van der Waals surface area contributed by atoms with Crippen LogP contribution in [0.3, 0.4) is 0 Å². The van der Waals surface area contributed by atoms with Gasteiger partial charge >= 0.3 is 6.03 Å². The Kier molecular flexibility index (Phi) is 34.0. The van der Waals surface area contributed by atoms with Gasteiger partial charge in [-0.1, -0.05) is 24.3 Å². The van der Waals surface area contributed by atoms with E-state index in [0.717, 1.165) is 205 Å². The van der Waals surface area contributed by atoms with Crippen molar-refractivity contribution in [1.82, 2.24) is 115 Å². The average molecular weight is 1980 g/mol. The molecule has 3 fully saturated rings. The SMILES string of the molecule is CN(C)CCN(C)c1ccc(NC(=O)c2n[nH]c3ccc(-c4cncc(CN5CCC5)c4)cc23)cn1.CN(C)CCN(C)c1ccc(NC(=O)c2n[nH]c3ccc(-c4cncc(CN5CCCC5)c4)cc23)cn1.CN(C)CCN(C)c1ccc(NC(=O)c2n[nH]c3ccc(-c4cncc(NC(=O)C5CC5)c4)cc23)cn1.CN(C)CCN(C)c1ccc(NC(=O)c2n[nH]c3ccc(-c4cncc(NC(=O)N(C)C)c4)cc23)cn1. The van der Waals surface area contributed by atoms with Gasteiger partial charge in [-0.25, -0.2) is 24.7 Å². The molecule has 4 aromatic carbocycles. The van der Waals surface area contributed by atoms with Gasteiger partial charge in [-0.15, -0.1) is 0 Å². The number of H-pyrrole nitrogens is 4. The Morgan fingerprint density at radius 3 is 0.844 bits per heavy atom. The van der Waals surface area contributed by atoms with Crippen LogP contribution in [0.5, 0.6) is 0 Å². The summed E-state index contributed by atoms with van der Waals surface area (Å²) in [6, 6.07) is 46.1. The Hall–Kier alpha value is -16.5. The summed E-state index contributed by atoms with van der Waals surface area (Å²) < 4.78 is 0. The summed E-state index contributed by atoms with van der Waals surface area (Å²) in [4.78, 5) is 135. The van der Waals surface area contributed by atoms with Crippen LogP contribution >= 0.6 is 0 Å². The molecule has 0 atom stereocenters. The first-order valence-corrected chi connectivity index (χ1v) is 49.0. The minimum atomic E-state index is -0.343. The third-order valence-corrected chi connectivity index (χ3v) is 25.5. The molecule has 2 aliphatic heterocycles. The molecule has 12 aromatic heterocycles. The molecule has 760 valence electrons. The van der Waals surface area contributed by atoms with Crippen molar-refractivity contribution in [2.45, 2.75) is 45.2 Å². The lowest BCUT2D eigenvalue weighted by Crippen LogP contribution is -2.36. The standard InChI is InChI=1S/C28H34N8O.C27H30N8O2.C27H32N8O.C26H31N9O2/c1-34(2)12-13-35(3)26-9-7-23(18-30-26)31-28(37)27-24-15-21(6-8-25(24)32-33-27)22-14-20(16-29-17-22)19-36-10-4-5-11-36;1-34(2)10-11-35(3)24-9-7-20(16-29-24)30-27(37)25-22-13-18(6-8-23(22)32-33-25)19-12-21(15-28-14-19)31-26(36)17-4-5-17;1-33(2)11-12-34(3)25-8-6-22(17-29-25)30-27(36)26-23-14-20(5-7-24(23)31-32-26)21-13-19(15-28-16-21)18-35-9-4-10-35;1-33(2)10-11-35(5)23-9-7-19(16-28-23)29-25(36)24-21-13-17(6-8-22(21)31-32-24)18-12-20(15-27-14-18)30-26(37)34(3)4/h6-9,14-18H,4-5,10-13,19H2,1-3H3,(H,31,37)(H,32,33);6-9,12-17H,4-5,10-11H2,1-3H3,(H,30,37)(H,31,36)(H,32,33);5-8,13-17H,4,9-12,18H2,1-3H3,(H,30,36)(H,31,32);6-9,12-16H,10-11H2,1-5H3,(H,29,36)(H,30,37)(H,31,32). The van der Waals surface area contributed by atoms with Crippen LogP contribution < -0.4 is 51.5 Å². The molecule has 39 heteroatoms. The monoisotopic (exact) mass is 1980 g/mol. The molecule has 1 saturated carbocycles. The van der Waals surface area contributed by atoms with Gasteiger partial charge in [0.25, 0.3) is 23.6 Å². The summed E-state index contributed by atoms with van der Waals surface area (Å²) in [6.07, 6.45) is 26.6. The number of aromatic nitrogens is 16. The highest BCUT2D eigenvalue weighted by molar-refractivity contribution is 6.15. The molecule has 10 N–H and O–H groups in total. The number of urea groups is 1. The van der Waals surface area contributed by atoms with Gasteiger partial charge in [0.2, 0.25) is 5.91 Å². The Balaban J connectivity index is 0.000000140. The van der Waals surface area contributed by atoms with Gasteiger partial charge in [-0.2, -0.15) is 20.4 Å². The number of rotatable bonds is 35. The number of carbonyl (C=O) groups is 6. The van der Waals surface area contributed by atoms with Crippen LogP contribution in [0.4, 0.5) is 62.2 Å². The van der Waals surface area contributed by atoms with Crippen molar-refractivity contribution in [1.29, 1.82) is 0 Å². The maximum absolute atomic E-state index is 13.1. The number of anilines is 10. The van der Waals surface area contributed by atoms with Gasteiger partial charge < -0.3 is 76.0 Å². The summed E-state index contributed by atoms with van der Waals surface area (Å²) in [5.74, 6) is 2.29. The number of hydrogen-bond acceptors (Lipinski definition) is 28. The highest BCUT2D eigenvalue weighted by Crippen LogP contribution is 2.36. The van der Waals surface area contributed by atoms with Crippen molar-refractivity contribution in [3.8, 4) is 44.5 Å². The van der Waals surface area contributed by atoms with Crippen molar-refractivity contribution in [3.63, 3.8) is 0 Å². The maximum Gasteiger partial charge on any atom is 0.321 e. The average Bonchev–Trinajstić information content (AvgIpc) is 1.66. The van der Waals surface area contributed by atoms with Crippen molar-refractivity contribution in [2.75, 3.05) is 229 Å². The molecule has 39 nitrogen and oxygen atoms in total. The molecule has 14 heterocycles. The predicted octanol–water partition coefficient (Wildman–Crippen LogP) is 14.3. The molecule has 16 aromatic rings. The Morgan fingerprint density at radius 1 is 0.293 bits per heavy atom. The predicted molar refractivity (Wildman–Crippen MR) is 582 cm³/mol. The van der Waals surface area contributed by atoms with E-state index in [-0.39, 0.29) is 52.9 Å². The van der Waals surface area contributed by atoms with Gasteiger partial charge in [-0.3, -0.25) is 74.1 Å². The second kappa shape index (κ2) is 48.3. The summed E-state index contributed by atoms with van der Waals surface area (Å²) in [7, 11) is 27.6. The van der Waals surface area contributed by atoms with Crippen LogP contribution in [-0.4, -0.2) is 328 Å². The summed E-state index contributed by atoms with van der Waals surface area (Å²) >= 11 is 0. The molecule has 3 aliphatic rings. The fraction of sp³-hybridized carbons (Fsp3) is 0.315. The van der Waals surface area contributed by atoms with Gasteiger partial charge in [0.05, 0.1) is 93.4 Å². The van der Waals surface area contributed by atoms with Crippen LogP contribution in [0.2, 0.25) is 0 Å². The zero-order chi connectivity index (χ0) is 103. The van der Waals surface area contributed by atoms with E-state index in [9.17, 15) is 28.8 Å². The molecule has 0 bridgehead atoms. The van der Waals surface area contributed by atoms with Crippen LogP contribution in [0.15, 0.2) is 220 Å². The second-order valence-electron chi connectivity index (χ2n) is 38.5. The first kappa shape index (κ1) is 103. The van der Waals surface area contributed by atoms with Crippen molar-refractivity contribution in [2.24, 2.45) is 5.92 Å². The van der Waals surface area contributed by atoms with E-state index < -0.39 is 0 Å². The number of likely N-dealkylation sites (N-methyl/N-ethyl adjacent to an activating group) is 8. The van der Waals surface area contributed by atoms with E-state index >= 15 is 0 Å². The van der Waals surface area contributed by atoms with Crippen molar-refractivity contribution >= 4 is 137 Å². The van der Waals surface area contributed by atoms with Gasteiger partial charge in [0, 0.05) is 195 Å². The van der Waals surface area contributed by atoms with Crippen LogP contribution in [0.25, 0.3) is 88.1 Å². The van der Waals surface area contributed by atoms with Crippen molar-refractivity contribution in [3.05, 3.63) is 254 Å². The normalized spacial score (nSPS) is 12.9. The highest BCUT2D eigenvalue weighted by atomic mass is 16.2. The van der Waals surface area contributed by atoms with E-state index in [1.807, 2.05) is 243 Å². The van der Waals surface area contributed by atoms with E-state index in [2.05, 4.69) is 174 Å². The smallest absolute Gasteiger partial charge is 0.321 e. The fourth-order valence-electron chi connectivity index (χ4n) is 16.4. The minimum absolute atomic E-state index is 0.0333. The fourth-order valence-corrected chi connectivity index (χ4v) is 16.4. The van der Waals surface area contributed by atoms with Gasteiger partial charge in [-0.05, 0) is 269 Å². The number of hydrogen-bond donors (Lipinski definition) is 10. The molecule has 2 saturated heterocycles. The van der Waals surface area contributed by atoms with Crippen molar-refractivity contribution < 1.29 is 28.8 Å². The molecule has 7 amide bonds. The third kappa shape index (κ3) is 27.8. The van der Waals surface area contributed by atoms with Crippen LogP contribution in [-0.2, 0) is 17.9 Å². The quantitative estimate of drug-likeness (QED) is 0.0176. The second-order valence-corrected chi connectivity index (χ2v) is 38.5. The lowest BCUT2D eigenvalue weighted by Gasteiger charge is -2.30. The Bertz CT molecular complexity index is 7020. The molecular formula is C108H127N33O6. The number of fused-ring (bicyclic) bond motifs is 4. The van der Waals surface area contributed by atoms with Gasteiger partial charge in [0.1, 0.15) is 23.3 Å². The van der Waals surface area contributed by atoms with E-state index in [4.69, 9.17) is 0 Å². The summed E-state index contributed by atoms with van der Waals surface area (Å²) in [6.45, 7) is 13.5. The number of amides is 7. The number of nitrogens with one attached hydrogen (secondary N) is 10. The zero-order valence-corrected chi connectivity index (χ0v) is 85.5. The van der Waals surface area contributed by atoms with Crippen LogP contribution in [0.1, 0.15) is 85.2 Å². The van der Waals surface area contributed by atoms with Crippen LogP contribution in [0, 0.1) is 5.92 Å². The Labute approximate surface area is 853 Å². The lowest BCUT2D eigenvalue weighted by atomic mass is 10.0. The highest BCUT2D eigenvalue weighted by Gasteiger charge is 2.31. The molecular weight excluding hydrogens is 1860 g/mol. The number of nitrogens with zero attached hydrogens (tertiary/aromatic N) is 23. The lowest BCUT2D eigenvalue weighted by molar-refractivity contribution is -0.117. The Morgan fingerprint density at radius 2 is 0.578 bits per heavy atom. The van der Waals surface area contributed by atoms with E-state index in [1.165, 1.54) is 35.3 Å². The number of carbonyl (C=O) groups excluding carboxylic acids is 6. The zero-order valence-electron chi connectivity index (χ0n) is 85.5. The first-order chi connectivity index (χ1) is 71.0. The summed E-state index contributed by atoms with van der Waals surface area (Å²) in [5.41, 5.74) is 17.8. The largest absolute Gasteiger partial charge is 0.358 e. The first-order valence-electron chi connectivity index (χ1n) is 49.0. The molecule has 0 unspecified atom stereocenters. The molecule has 0 spiro atoms. The molecule has 0 radical (unpaired) electrons.